The minimum atomic E-state index is 0. The number of rotatable bonds is 10. The van der Waals surface area contributed by atoms with Crippen LogP contribution < -0.4 is 15.4 Å². The fraction of sp³-hybridized carbons (Fsp3) is 0.500. The maximum Gasteiger partial charge on any atom is 0.191 e. The highest BCUT2D eigenvalue weighted by Gasteiger charge is 2.06. The number of hydrogen-bond donors (Lipinski definition) is 2. The zero-order valence-electron chi connectivity index (χ0n) is 17.2. The minimum absolute atomic E-state index is 0. The van der Waals surface area contributed by atoms with Crippen LogP contribution in [0.2, 0.25) is 0 Å². The lowest BCUT2D eigenvalue weighted by molar-refractivity contribution is 0.110. The van der Waals surface area contributed by atoms with E-state index >= 15 is 0 Å². The molecule has 7 nitrogen and oxygen atoms in total. The lowest BCUT2D eigenvalue weighted by atomic mass is 10.1. The molecule has 0 saturated heterocycles. The van der Waals surface area contributed by atoms with E-state index < -0.39 is 0 Å². The predicted molar refractivity (Wildman–Crippen MR) is 123 cm³/mol. The van der Waals surface area contributed by atoms with E-state index in [1.54, 1.807) is 6.20 Å². The molecule has 156 valence electrons. The van der Waals surface area contributed by atoms with Crippen LogP contribution in [0.3, 0.4) is 0 Å². The largest absolute Gasteiger partial charge is 0.491 e. The first-order valence-electron chi connectivity index (χ1n) is 9.43. The van der Waals surface area contributed by atoms with E-state index in [1.807, 2.05) is 30.8 Å². The molecule has 0 bridgehead atoms. The summed E-state index contributed by atoms with van der Waals surface area (Å²) in [5.41, 5.74) is 3.31. The van der Waals surface area contributed by atoms with Gasteiger partial charge in [-0.25, -0.2) is 4.99 Å². The Kier molecular flexibility index (Phi) is 11.6. The Morgan fingerprint density at radius 2 is 2.00 bits per heavy atom. The first-order valence-corrected chi connectivity index (χ1v) is 9.43. The summed E-state index contributed by atoms with van der Waals surface area (Å²) in [6.45, 7) is 9.89. The number of aliphatic imine (C=N–C) groups is 1. The van der Waals surface area contributed by atoms with Crippen LogP contribution in [0.1, 0.15) is 30.7 Å². The predicted octanol–water partition coefficient (Wildman–Crippen LogP) is 3.02. The van der Waals surface area contributed by atoms with Crippen LogP contribution in [-0.2, 0) is 24.9 Å². The van der Waals surface area contributed by atoms with Crippen molar-refractivity contribution in [2.45, 2.75) is 33.9 Å². The summed E-state index contributed by atoms with van der Waals surface area (Å²) in [6, 6.07) is 8.18. The molecule has 28 heavy (non-hydrogen) atoms. The molecule has 0 aliphatic carbocycles. The lowest BCUT2D eigenvalue weighted by Crippen LogP contribution is -2.37. The number of benzene rings is 1. The van der Waals surface area contributed by atoms with E-state index in [2.05, 4.69) is 41.7 Å². The van der Waals surface area contributed by atoms with Crippen LogP contribution in [0, 0.1) is 6.92 Å². The Balaban J connectivity index is 0.00000392. The first-order chi connectivity index (χ1) is 13.1. The van der Waals surface area contributed by atoms with Gasteiger partial charge in [0.05, 0.1) is 25.4 Å². The summed E-state index contributed by atoms with van der Waals surface area (Å²) < 4.78 is 13.1. The number of halogens is 1. The minimum Gasteiger partial charge on any atom is -0.491 e. The van der Waals surface area contributed by atoms with Gasteiger partial charge in [-0.1, -0.05) is 12.1 Å². The molecular weight excluding hydrogens is 469 g/mol. The summed E-state index contributed by atoms with van der Waals surface area (Å²) in [5.74, 6) is 1.63. The van der Waals surface area contributed by atoms with Gasteiger partial charge in [-0.05, 0) is 38.5 Å². The second-order valence-electron chi connectivity index (χ2n) is 6.15. The molecular formula is C20H32IN5O2. The lowest BCUT2D eigenvalue weighted by Gasteiger charge is -2.14. The standard InChI is InChI=1S/C20H31N5O2.HI/c1-5-21-20(23-15-18-9-10-24-25(18)4)22-14-17-8-7-16(3)13-19(17)27-12-11-26-6-2;/h7-10,13H,5-6,11-12,14-15H2,1-4H3,(H2,21,22,23);1H. The first kappa shape index (κ1) is 24.2. The third-order valence-electron chi connectivity index (χ3n) is 4.02. The molecule has 2 rings (SSSR count). The van der Waals surface area contributed by atoms with Crippen LogP contribution in [0.25, 0.3) is 0 Å². The molecule has 0 unspecified atom stereocenters. The highest BCUT2D eigenvalue weighted by atomic mass is 127. The van der Waals surface area contributed by atoms with Crippen LogP contribution in [0.4, 0.5) is 0 Å². The van der Waals surface area contributed by atoms with Gasteiger partial charge in [0, 0.05) is 32.0 Å². The quantitative estimate of drug-likeness (QED) is 0.227. The van der Waals surface area contributed by atoms with Crippen molar-refractivity contribution in [3.05, 3.63) is 47.3 Å². The maximum atomic E-state index is 5.90. The second kappa shape index (κ2) is 13.4. The highest BCUT2D eigenvalue weighted by Crippen LogP contribution is 2.21. The van der Waals surface area contributed by atoms with Gasteiger partial charge in [-0.2, -0.15) is 5.10 Å². The second-order valence-corrected chi connectivity index (χ2v) is 6.15. The van der Waals surface area contributed by atoms with Gasteiger partial charge in [0.15, 0.2) is 5.96 Å². The molecule has 1 aromatic carbocycles. The molecule has 0 amide bonds. The summed E-state index contributed by atoms with van der Waals surface area (Å²) in [5, 5.41) is 10.8. The van der Waals surface area contributed by atoms with E-state index in [0.717, 1.165) is 35.1 Å². The van der Waals surface area contributed by atoms with E-state index in [1.165, 1.54) is 0 Å². The molecule has 0 saturated carbocycles. The number of nitrogens with one attached hydrogen (secondary N) is 2. The summed E-state index contributed by atoms with van der Waals surface area (Å²) >= 11 is 0. The van der Waals surface area contributed by atoms with Gasteiger partial charge in [0.2, 0.25) is 0 Å². The summed E-state index contributed by atoms with van der Waals surface area (Å²) in [6.07, 6.45) is 1.79. The zero-order valence-corrected chi connectivity index (χ0v) is 19.5. The number of hydrogen-bond acceptors (Lipinski definition) is 4. The van der Waals surface area contributed by atoms with Crippen LogP contribution in [-0.4, -0.2) is 42.1 Å². The van der Waals surface area contributed by atoms with Crippen LogP contribution in [0.5, 0.6) is 5.75 Å². The summed E-state index contributed by atoms with van der Waals surface area (Å²) in [4.78, 5) is 4.70. The SMILES string of the molecule is CCNC(=NCc1ccc(C)cc1OCCOCC)NCc1ccnn1C.I. The fourth-order valence-electron chi connectivity index (χ4n) is 2.54. The van der Waals surface area contributed by atoms with Gasteiger partial charge in [0.1, 0.15) is 12.4 Å². The molecule has 0 aliphatic heterocycles. The number of guanidine groups is 1. The summed E-state index contributed by atoms with van der Waals surface area (Å²) in [7, 11) is 1.93. The Morgan fingerprint density at radius 3 is 2.68 bits per heavy atom. The Hall–Kier alpha value is -1.81. The van der Waals surface area contributed by atoms with Crippen molar-refractivity contribution in [3.63, 3.8) is 0 Å². The molecule has 0 fully saturated rings. The van der Waals surface area contributed by atoms with E-state index in [0.29, 0.717) is 32.9 Å². The number of aryl methyl sites for hydroxylation is 2. The molecule has 1 heterocycles. The number of nitrogens with zero attached hydrogens (tertiary/aromatic N) is 3. The van der Waals surface area contributed by atoms with Crippen molar-refractivity contribution in [1.29, 1.82) is 0 Å². The molecule has 0 atom stereocenters. The van der Waals surface area contributed by atoms with Gasteiger partial charge >= 0.3 is 0 Å². The Morgan fingerprint density at radius 1 is 1.18 bits per heavy atom. The van der Waals surface area contributed by atoms with E-state index in [4.69, 9.17) is 14.5 Å². The normalized spacial score (nSPS) is 11.1. The average Bonchev–Trinajstić information content (AvgIpc) is 3.07. The van der Waals surface area contributed by atoms with Gasteiger partial charge in [-0.3, -0.25) is 4.68 Å². The highest BCUT2D eigenvalue weighted by molar-refractivity contribution is 14.0. The van der Waals surface area contributed by atoms with Crippen molar-refractivity contribution in [3.8, 4) is 5.75 Å². The molecule has 0 spiro atoms. The molecule has 2 aromatic rings. The molecule has 1 aromatic heterocycles. The van der Waals surface area contributed by atoms with Crippen molar-refractivity contribution < 1.29 is 9.47 Å². The molecule has 8 heteroatoms. The number of ether oxygens (including phenoxy) is 2. The Bertz CT molecular complexity index is 733. The van der Waals surface area contributed by atoms with Crippen molar-refractivity contribution >= 4 is 29.9 Å². The van der Waals surface area contributed by atoms with Gasteiger partial charge in [-0.15, -0.1) is 24.0 Å². The topological polar surface area (TPSA) is 72.7 Å². The van der Waals surface area contributed by atoms with Gasteiger partial charge in [0.25, 0.3) is 0 Å². The smallest absolute Gasteiger partial charge is 0.191 e. The van der Waals surface area contributed by atoms with Crippen LogP contribution in [0.15, 0.2) is 35.5 Å². The molecule has 2 N–H and O–H groups in total. The van der Waals surface area contributed by atoms with Crippen LogP contribution >= 0.6 is 24.0 Å². The average molecular weight is 501 g/mol. The van der Waals surface area contributed by atoms with Gasteiger partial charge < -0.3 is 20.1 Å². The van der Waals surface area contributed by atoms with Crippen molar-refractivity contribution in [2.75, 3.05) is 26.4 Å². The van der Waals surface area contributed by atoms with E-state index in [9.17, 15) is 0 Å². The van der Waals surface area contributed by atoms with Crippen molar-refractivity contribution in [1.82, 2.24) is 20.4 Å². The monoisotopic (exact) mass is 501 g/mol. The Labute approximate surface area is 184 Å². The fourth-order valence-corrected chi connectivity index (χ4v) is 2.54. The third-order valence-corrected chi connectivity index (χ3v) is 4.02. The molecule has 0 radical (unpaired) electrons. The number of aromatic nitrogens is 2. The van der Waals surface area contributed by atoms with E-state index in [-0.39, 0.29) is 24.0 Å². The maximum absolute atomic E-state index is 5.90. The third kappa shape index (κ3) is 8.05. The van der Waals surface area contributed by atoms with Crippen molar-refractivity contribution in [2.24, 2.45) is 12.0 Å². The zero-order chi connectivity index (χ0) is 19.5. The molecule has 0 aliphatic rings.